The van der Waals surface area contributed by atoms with E-state index in [4.69, 9.17) is 5.26 Å². The van der Waals surface area contributed by atoms with Gasteiger partial charge < -0.3 is 5.32 Å². The predicted molar refractivity (Wildman–Crippen MR) is 60.8 cm³/mol. The first-order chi connectivity index (χ1) is 8.28. The molecule has 0 spiro atoms. The smallest absolute Gasteiger partial charge is 0.224 e. The van der Waals surface area contributed by atoms with Gasteiger partial charge in [0.1, 0.15) is 11.8 Å². The van der Waals surface area contributed by atoms with Gasteiger partial charge >= 0.3 is 0 Å². The van der Waals surface area contributed by atoms with E-state index in [2.05, 4.69) is 25.3 Å². The van der Waals surface area contributed by atoms with Crippen molar-refractivity contribution in [3.63, 3.8) is 0 Å². The van der Waals surface area contributed by atoms with Crippen molar-refractivity contribution >= 4 is 5.95 Å². The average molecular weight is 226 g/mol. The third-order valence-corrected chi connectivity index (χ3v) is 2.03. The first-order valence-corrected chi connectivity index (χ1v) is 5.02. The zero-order valence-corrected chi connectivity index (χ0v) is 9.25. The van der Waals surface area contributed by atoms with E-state index in [0.717, 1.165) is 11.4 Å². The van der Waals surface area contributed by atoms with Gasteiger partial charge in [0.2, 0.25) is 5.95 Å². The van der Waals surface area contributed by atoms with Gasteiger partial charge in [-0.05, 0) is 13.0 Å². The largest absolute Gasteiger partial charge is 0.348 e. The highest BCUT2D eigenvalue weighted by atomic mass is 15.1. The summed E-state index contributed by atoms with van der Waals surface area (Å²) in [6.07, 6.45) is 4.93. The Kier molecular flexibility index (Phi) is 3.21. The minimum Gasteiger partial charge on any atom is -0.348 e. The molecule has 2 rings (SSSR count). The van der Waals surface area contributed by atoms with E-state index < -0.39 is 0 Å². The van der Waals surface area contributed by atoms with E-state index in [1.165, 1.54) is 6.20 Å². The van der Waals surface area contributed by atoms with Crippen molar-refractivity contribution in [2.75, 3.05) is 5.32 Å². The Morgan fingerprint density at radius 3 is 2.88 bits per heavy atom. The third kappa shape index (κ3) is 2.95. The number of nitrogens with one attached hydrogen (secondary N) is 1. The van der Waals surface area contributed by atoms with Crippen molar-refractivity contribution in [1.29, 1.82) is 5.26 Å². The maximum Gasteiger partial charge on any atom is 0.224 e. The molecule has 0 fully saturated rings. The maximum atomic E-state index is 8.69. The molecule has 2 aromatic heterocycles. The molecular weight excluding hydrogens is 216 g/mol. The molecular formula is C11H10N6. The Balaban J connectivity index is 2.02. The molecule has 1 N–H and O–H groups in total. The Morgan fingerprint density at radius 2 is 2.18 bits per heavy atom. The molecule has 6 nitrogen and oxygen atoms in total. The first-order valence-electron chi connectivity index (χ1n) is 5.02. The van der Waals surface area contributed by atoms with Crippen molar-refractivity contribution in [1.82, 2.24) is 19.9 Å². The van der Waals surface area contributed by atoms with Gasteiger partial charge in [-0.25, -0.2) is 9.97 Å². The molecule has 6 heteroatoms. The fraction of sp³-hybridized carbons (Fsp3) is 0.182. The molecule has 0 bridgehead atoms. The third-order valence-electron chi connectivity index (χ3n) is 2.03. The van der Waals surface area contributed by atoms with E-state index in [1.807, 2.05) is 13.0 Å². The van der Waals surface area contributed by atoms with Gasteiger partial charge in [0.15, 0.2) is 0 Å². The Labute approximate surface area is 98.4 Å². The SMILES string of the molecule is Cc1cnc(CNc2nccc(C#N)n2)cn1. The normalized spacial score (nSPS) is 9.65. The zero-order valence-electron chi connectivity index (χ0n) is 9.25. The van der Waals surface area contributed by atoms with Gasteiger partial charge in [0.05, 0.1) is 24.1 Å². The molecule has 0 atom stereocenters. The molecule has 0 radical (unpaired) electrons. The number of aromatic nitrogens is 4. The molecule has 0 saturated carbocycles. The molecule has 0 aliphatic heterocycles. The monoisotopic (exact) mass is 226 g/mol. The second-order valence-corrected chi connectivity index (χ2v) is 3.38. The van der Waals surface area contributed by atoms with Gasteiger partial charge in [0.25, 0.3) is 0 Å². The molecule has 0 aliphatic rings. The van der Waals surface area contributed by atoms with Crippen LogP contribution in [0.3, 0.4) is 0 Å². The number of nitriles is 1. The summed E-state index contributed by atoms with van der Waals surface area (Å²) in [5.41, 5.74) is 2.00. The van der Waals surface area contributed by atoms with E-state index in [0.29, 0.717) is 18.2 Å². The Bertz CT molecular complexity index is 543. The molecule has 0 amide bonds. The summed E-state index contributed by atoms with van der Waals surface area (Å²) >= 11 is 0. The lowest BCUT2D eigenvalue weighted by Gasteiger charge is -2.03. The van der Waals surface area contributed by atoms with Gasteiger partial charge in [-0.1, -0.05) is 0 Å². The van der Waals surface area contributed by atoms with Crippen LogP contribution in [0.4, 0.5) is 5.95 Å². The summed E-state index contributed by atoms with van der Waals surface area (Å²) < 4.78 is 0. The van der Waals surface area contributed by atoms with Crippen molar-refractivity contribution in [2.24, 2.45) is 0 Å². The van der Waals surface area contributed by atoms with Crippen molar-refractivity contribution < 1.29 is 0 Å². The standard InChI is InChI=1S/C11H10N6/c1-8-5-15-10(6-14-8)7-16-11-13-3-2-9(4-12)17-11/h2-3,5-6H,7H2,1H3,(H,13,16,17). The summed E-state index contributed by atoms with van der Waals surface area (Å²) in [5, 5.41) is 11.7. The summed E-state index contributed by atoms with van der Waals surface area (Å²) in [4.78, 5) is 16.3. The number of anilines is 1. The van der Waals surface area contributed by atoms with Gasteiger partial charge in [-0.15, -0.1) is 0 Å². The highest BCUT2D eigenvalue weighted by molar-refractivity contribution is 5.30. The van der Waals surface area contributed by atoms with Crippen molar-refractivity contribution in [3.8, 4) is 6.07 Å². The second-order valence-electron chi connectivity index (χ2n) is 3.38. The zero-order chi connectivity index (χ0) is 12.1. The Morgan fingerprint density at radius 1 is 1.29 bits per heavy atom. The number of hydrogen-bond donors (Lipinski definition) is 1. The molecule has 17 heavy (non-hydrogen) atoms. The number of aryl methyl sites for hydroxylation is 1. The van der Waals surface area contributed by atoms with E-state index >= 15 is 0 Å². The van der Waals surface area contributed by atoms with Crippen molar-refractivity contribution in [2.45, 2.75) is 13.5 Å². The highest BCUT2D eigenvalue weighted by Crippen LogP contribution is 2.02. The fourth-order valence-corrected chi connectivity index (χ4v) is 1.19. The molecule has 0 aliphatic carbocycles. The number of hydrogen-bond acceptors (Lipinski definition) is 6. The maximum absolute atomic E-state index is 8.69. The summed E-state index contributed by atoms with van der Waals surface area (Å²) in [7, 11) is 0. The summed E-state index contributed by atoms with van der Waals surface area (Å²) in [6, 6.07) is 3.51. The number of nitrogens with zero attached hydrogens (tertiary/aromatic N) is 5. The first kappa shape index (κ1) is 11.0. The lowest BCUT2D eigenvalue weighted by Crippen LogP contribution is -2.06. The van der Waals surface area contributed by atoms with Crippen LogP contribution in [0.5, 0.6) is 0 Å². The van der Waals surface area contributed by atoms with Crippen LogP contribution in [0, 0.1) is 18.3 Å². The van der Waals surface area contributed by atoms with Crippen LogP contribution in [-0.4, -0.2) is 19.9 Å². The van der Waals surface area contributed by atoms with Crippen LogP contribution in [0.2, 0.25) is 0 Å². The van der Waals surface area contributed by atoms with Crippen LogP contribution < -0.4 is 5.32 Å². The molecule has 0 unspecified atom stereocenters. The van der Waals surface area contributed by atoms with Gasteiger partial charge in [-0.2, -0.15) is 5.26 Å². The van der Waals surface area contributed by atoms with Crippen LogP contribution in [0.25, 0.3) is 0 Å². The topological polar surface area (TPSA) is 87.4 Å². The minimum absolute atomic E-state index is 0.331. The van der Waals surface area contributed by atoms with E-state index in [1.54, 1.807) is 18.5 Å². The lowest BCUT2D eigenvalue weighted by atomic mass is 10.4. The molecule has 2 heterocycles. The van der Waals surface area contributed by atoms with Crippen LogP contribution in [-0.2, 0) is 6.54 Å². The lowest BCUT2D eigenvalue weighted by molar-refractivity contribution is 0.960. The molecule has 2 aromatic rings. The second kappa shape index (κ2) is 4.99. The molecule has 0 aromatic carbocycles. The van der Waals surface area contributed by atoms with Crippen LogP contribution >= 0.6 is 0 Å². The summed E-state index contributed by atoms with van der Waals surface area (Å²) in [6.45, 7) is 2.35. The number of rotatable bonds is 3. The average Bonchev–Trinajstić information content (AvgIpc) is 2.38. The predicted octanol–water partition coefficient (Wildman–Crippen LogP) is 1.06. The fourth-order valence-electron chi connectivity index (χ4n) is 1.19. The van der Waals surface area contributed by atoms with Gasteiger partial charge in [-0.3, -0.25) is 9.97 Å². The molecule has 0 saturated heterocycles. The van der Waals surface area contributed by atoms with Gasteiger partial charge in [0, 0.05) is 12.4 Å². The van der Waals surface area contributed by atoms with E-state index in [-0.39, 0.29) is 0 Å². The highest BCUT2D eigenvalue weighted by Gasteiger charge is 1.99. The Hall–Kier alpha value is -2.55. The van der Waals surface area contributed by atoms with Crippen LogP contribution in [0.15, 0.2) is 24.7 Å². The minimum atomic E-state index is 0.331. The summed E-state index contributed by atoms with van der Waals surface area (Å²) in [5.74, 6) is 0.409. The van der Waals surface area contributed by atoms with Crippen LogP contribution in [0.1, 0.15) is 17.1 Å². The van der Waals surface area contributed by atoms with Crippen molar-refractivity contribution in [3.05, 3.63) is 41.7 Å². The molecule has 84 valence electrons. The van der Waals surface area contributed by atoms with E-state index in [9.17, 15) is 0 Å². The quantitative estimate of drug-likeness (QED) is 0.841.